The molecule has 0 unspecified atom stereocenters. The van der Waals surface area contributed by atoms with Crippen molar-refractivity contribution < 1.29 is 23.0 Å². The zero-order chi connectivity index (χ0) is 24.8. The van der Waals surface area contributed by atoms with Gasteiger partial charge in [-0.1, -0.05) is 56.5 Å². The van der Waals surface area contributed by atoms with E-state index >= 15 is 0 Å². The Balaban J connectivity index is 1.58. The second-order valence-corrected chi connectivity index (χ2v) is 11.5. The van der Waals surface area contributed by atoms with Gasteiger partial charge in [0.1, 0.15) is 16.7 Å². The van der Waals surface area contributed by atoms with E-state index in [2.05, 4.69) is 11.8 Å². The number of aliphatic hydroxyl groups excluding tert-OH is 1. The van der Waals surface area contributed by atoms with E-state index in [1.165, 1.54) is 0 Å². The number of benzene rings is 2. The fourth-order valence-corrected chi connectivity index (χ4v) is 6.63. The zero-order valence-corrected chi connectivity index (χ0v) is 21.6. The van der Waals surface area contributed by atoms with Gasteiger partial charge in [0.25, 0.3) is 0 Å². The topological polar surface area (TPSA) is 79.3 Å². The Kier molecular flexibility index (Phi) is 8.70. The molecule has 7 nitrogen and oxygen atoms in total. The maximum Gasteiger partial charge on any atom is 0.247 e. The quantitative estimate of drug-likeness (QED) is 0.491. The molecule has 0 aromatic heterocycles. The summed E-state index contributed by atoms with van der Waals surface area (Å²) < 4.78 is 41.5. The second-order valence-electron chi connectivity index (χ2n) is 9.68. The fourth-order valence-electron chi connectivity index (χ4n) is 4.84. The summed E-state index contributed by atoms with van der Waals surface area (Å²) in [6.45, 7) is 6.38. The van der Waals surface area contributed by atoms with Gasteiger partial charge >= 0.3 is 0 Å². The third-order valence-electron chi connectivity index (χ3n) is 6.85. The summed E-state index contributed by atoms with van der Waals surface area (Å²) in [5.41, 5.74) is 1.93. The van der Waals surface area contributed by atoms with E-state index < -0.39 is 16.1 Å². The number of ether oxygens (including phenoxy) is 2. The normalized spacial score (nSPS) is 22.9. The van der Waals surface area contributed by atoms with E-state index in [0.29, 0.717) is 25.3 Å². The van der Waals surface area contributed by atoms with Crippen LogP contribution in [0.5, 0.6) is 5.75 Å². The van der Waals surface area contributed by atoms with Gasteiger partial charge in [-0.2, -0.15) is 4.31 Å². The summed E-state index contributed by atoms with van der Waals surface area (Å²) in [7, 11) is -3.73. The Morgan fingerprint density at radius 2 is 1.94 bits per heavy atom. The predicted octanol–water partition coefficient (Wildman–Crippen LogP) is 4.19. The van der Waals surface area contributed by atoms with E-state index in [1.807, 2.05) is 43.3 Å². The SMILES string of the molecule is CCCCC[C@@H](C)N1C[C@H](COCc2ccccc2)Oc2cc(N3CC[C@@H](O)C3)ccc2S1(=O)=O. The lowest BCUT2D eigenvalue weighted by molar-refractivity contribution is 0.0310. The molecule has 1 saturated heterocycles. The molecule has 0 aliphatic carbocycles. The smallest absolute Gasteiger partial charge is 0.247 e. The summed E-state index contributed by atoms with van der Waals surface area (Å²) in [5.74, 6) is 0.362. The van der Waals surface area contributed by atoms with Crippen LogP contribution in [0, 0.1) is 0 Å². The Bertz CT molecular complexity index is 1060. The first-order valence-corrected chi connectivity index (χ1v) is 14.2. The van der Waals surface area contributed by atoms with Crippen molar-refractivity contribution in [2.45, 2.75) is 75.7 Å². The molecule has 3 atom stereocenters. The minimum Gasteiger partial charge on any atom is -0.485 e. The van der Waals surface area contributed by atoms with Gasteiger partial charge in [-0.25, -0.2) is 8.42 Å². The Morgan fingerprint density at radius 3 is 2.66 bits per heavy atom. The van der Waals surface area contributed by atoms with E-state index in [9.17, 15) is 13.5 Å². The third kappa shape index (κ3) is 6.36. The molecule has 4 rings (SSSR count). The summed E-state index contributed by atoms with van der Waals surface area (Å²) >= 11 is 0. The maximum absolute atomic E-state index is 13.8. The van der Waals surface area contributed by atoms with Crippen molar-refractivity contribution in [3.63, 3.8) is 0 Å². The Morgan fingerprint density at radius 1 is 1.14 bits per heavy atom. The van der Waals surface area contributed by atoms with Crippen LogP contribution in [0.2, 0.25) is 0 Å². The molecule has 1 fully saturated rings. The van der Waals surface area contributed by atoms with Crippen LogP contribution >= 0.6 is 0 Å². The number of anilines is 1. The second kappa shape index (κ2) is 11.7. The number of aliphatic hydroxyl groups is 1. The molecule has 0 radical (unpaired) electrons. The lowest BCUT2D eigenvalue weighted by Gasteiger charge is -2.28. The van der Waals surface area contributed by atoms with Crippen molar-refractivity contribution in [2.24, 2.45) is 0 Å². The number of fused-ring (bicyclic) bond motifs is 1. The van der Waals surface area contributed by atoms with Crippen LogP contribution in [0.4, 0.5) is 5.69 Å². The van der Waals surface area contributed by atoms with E-state index in [-0.39, 0.29) is 30.2 Å². The third-order valence-corrected chi connectivity index (χ3v) is 8.87. The average molecular weight is 503 g/mol. The molecule has 0 saturated carbocycles. The number of rotatable bonds is 10. The first-order chi connectivity index (χ1) is 16.9. The van der Waals surface area contributed by atoms with Gasteiger partial charge in [-0.15, -0.1) is 0 Å². The van der Waals surface area contributed by atoms with Crippen LogP contribution in [-0.2, 0) is 21.4 Å². The molecule has 0 amide bonds. The Labute approximate surface area is 209 Å². The van der Waals surface area contributed by atoms with Crippen molar-refractivity contribution in [1.82, 2.24) is 4.31 Å². The zero-order valence-electron chi connectivity index (χ0n) is 20.8. The highest BCUT2D eigenvalue weighted by atomic mass is 32.2. The summed E-state index contributed by atoms with van der Waals surface area (Å²) in [4.78, 5) is 2.27. The highest BCUT2D eigenvalue weighted by molar-refractivity contribution is 7.89. The van der Waals surface area contributed by atoms with Gasteiger partial charge in [0.15, 0.2) is 0 Å². The van der Waals surface area contributed by atoms with Crippen molar-refractivity contribution in [3.05, 3.63) is 54.1 Å². The number of nitrogens with zero attached hydrogens (tertiary/aromatic N) is 2. The molecule has 2 heterocycles. The molecule has 0 spiro atoms. The van der Waals surface area contributed by atoms with Gasteiger partial charge in [-0.05, 0) is 37.5 Å². The molecule has 2 aromatic rings. The molecule has 35 heavy (non-hydrogen) atoms. The number of hydrogen-bond acceptors (Lipinski definition) is 6. The van der Waals surface area contributed by atoms with Crippen molar-refractivity contribution in [3.8, 4) is 5.75 Å². The van der Waals surface area contributed by atoms with Crippen molar-refractivity contribution >= 4 is 15.7 Å². The minimum absolute atomic E-state index is 0.133. The van der Waals surface area contributed by atoms with E-state index in [1.54, 1.807) is 16.4 Å². The number of β-amino-alcohol motifs (C(OH)–C–C–N with tert-alkyl or cyclic N) is 1. The monoisotopic (exact) mass is 502 g/mol. The highest BCUT2D eigenvalue weighted by Gasteiger charge is 2.38. The molecule has 1 N–H and O–H groups in total. The number of sulfonamides is 1. The summed E-state index contributed by atoms with van der Waals surface area (Å²) in [6.07, 6.45) is 3.89. The van der Waals surface area contributed by atoms with Crippen LogP contribution < -0.4 is 9.64 Å². The van der Waals surface area contributed by atoms with Gasteiger partial charge < -0.3 is 19.5 Å². The summed E-state index contributed by atoms with van der Waals surface area (Å²) in [5, 5.41) is 9.95. The molecule has 2 aromatic carbocycles. The van der Waals surface area contributed by atoms with Crippen LogP contribution in [0.1, 0.15) is 51.5 Å². The van der Waals surface area contributed by atoms with Crippen molar-refractivity contribution in [2.75, 3.05) is 31.1 Å². The van der Waals surface area contributed by atoms with Crippen LogP contribution in [0.3, 0.4) is 0 Å². The molecule has 0 bridgehead atoms. The standard InChI is InChI=1S/C27H38N2O5S/c1-3-4-6-9-21(2)29-18-25(20-33-19-22-10-7-5-8-11-22)34-26-16-23(28-15-14-24(30)17-28)12-13-27(26)35(29,31)32/h5,7-8,10-13,16,21,24-25,30H,3-4,6,9,14-15,17-20H2,1-2H3/t21-,24-,25-/m1/s1. The minimum atomic E-state index is -3.73. The first-order valence-electron chi connectivity index (χ1n) is 12.8. The largest absolute Gasteiger partial charge is 0.485 e. The van der Waals surface area contributed by atoms with E-state index in [4.69, 9.17) is 9.47 Å². The number of unbranched alkanes of at least 4 members (excludes halogenated alkanes) is 2. The van der Waals surface area contributed by atoms with Gasteiger partial charge in [0, 0.05) is 30.9 Å². The molecular weight excluding hydrogens is 464 g/mol. The van der Waals surface area contributed by atoms with Crippen LogP contribution in [0.25, 0.3) is 0 Å². The fraction of sp³-hybridized carbons (Fsp3) is 0.556. The highest BCUT2D eigenvalue weighted by Crippen LogP contribution is 2.36. The first kappa shape index (κ1) is 25.9. The number of hydrogen-bond donors (Lipinski definition) is 1. The van der Waals surface area contributed by atoms with Crippen LogP contribution in [-0.4, -0.2) is 62.3 Å². The Hall–Kier alpha value is -2.13. The maximum atomic E-state index is 13.8. The van der Waals surface area contributed by atoms with Crippen molar-refractivity contribution in [1.29, 1.82) is 0 Å². The van der Waals surface area contributed by atoms with Crippen LogP contribution in [0.15, 0.2) is 53.4 Å². The van der Waals surface area contributed by atoms with Gasteiger partial charge in [0.2, 0.25) is 10.0 Å². The predicted molar refractivity (Wildman–Crippen MR) is 137 cm³/mol. The lowest BCUT2D eigenvalue weighted by atomic mass is 10.1. The van der Waals surface area contributed by atoms with Gasteiger partial charge in [0.05, 0.1) is 25.9 Å². The molecule has 2 aliphatic rings. The summed E-state index contributed by atoms with van der Waals surface area (Å²) in [6, 6.07) is 15.1. The molecule has 2 aliphatic heterocycles. The average Bonchev–Trinajstić information content (AvgIpc) is 3.24. The van der Waals surface area contributed by atoms with Gasteiger partial charge in [-0.3, -0.25) is 0 Å². The molecule has 8 heteroatoms. The van der Waals surface area contributed by atoms with E-state index in [0.717, 1.165) is 43.5 Å². The lowest BCUT2D eigenvalue weighted by Crippen LogP contribution is -2.44. The molecule has 192 valence electrons. The molecular formula is C27H38N2O5S.